The Bertz CT molecular complexity index is 731. The van der Waals surface area contributed by atoms with E-state index >= 15 is 0 Å². The Morgan fingerprint density at radius 1 is 1.00 bits per heavy atom. The number of halogens is 3. The molecule has 3 heterocycles. The number of hydrogen-bond donors (Lipinski definition) is 0. The highest BCUT2D eigenvalue weighted by atomic mass is 19.4. The second-order valence-electron chi connectivity index (χ2n) is 5.34. The molecule has 25 heavy (non-hydrogen) atoms. The number of alkyl halides is 3. The molecule has 7 nitrogen and oxygen atoms in total. The van der Waals surface area contributed by atoms with Crippen molar-refractivity contribution in [2.45, 2.75) is 6.36 Å². The van der Waals surface area contributed by atoms with Gasteiger partial charge in [0, 0.05) is 38.4 Å². The van der Waals surface area contributed by atoms with Gasteiger partial charge < -0.3 is 14.5 Å². The second kappa shape index (κ2) is 6.91. The molecule has 1 saturated heterocycles. The average molecular weight is 353 g/mol. The number of hydrogen-bond acceptors (Lipinski definition) is 7. The maximum Gasteiger partial charge on any atom is 0.573 e. The van der Waals surface area contributed by atoms with Crippen molar-refractivity contribution in [3.63, 3.8) is 0 Å². The third-order valence-corrected chi connectivity index (χ3v) is 3.72. The Hall–Kier alpha value is -2.91. The van der Waals surface area contributed by atoms with E-state index in [0.717, 1.165) is 6.20 Å². The minimum Gasteiger partial charge on any atom is -0.404 e. The Morgan fingerprint density at radius 3 is 2.24 bits per heavy atom. The fraction of sp³-hybridized carbons (Fsp3) is 0.333. The van der Waals surface area contributed by atoms with E-state index in [9.17, 15) is 18.1 Å². The Balaban J connectivity index is 1.61. The van der Waals surface area contributed by atoms with Crippen LogP contribution in [0.4, 0.5) is 30.5 Å². The van der Waals surface area contributed by atoms with Crippen molar-refractivity contribution >= 4 is 17.3 Å². The zero-order chi connectivity index (χ0) is 17.9. The number of pyridine rings is 2. The minimum atomic E-state index is -4.73. The molecule has 0 amide bonds. The van der Waals surface area contributed by atoms with Gasteiger partial charge in [-0.25, -0.2) is 9.97 Å². The molecule has 0 atom stereocenters. The van der Waals surface area contributed by atoms with E-state index in [4.69, 9.17) is 0 Å². The smallest absolute Gasteiger partial charge is 0.404 e. The molecule has 0 spiro atoms. The minimum absolute atomic E-state index is 0.314. The van der Waals surface area contributed by atoms with Gasteiger partial charge in [0.25, 0.3) is 0 Å². The van der Waals surface area contributed by atoms with Crippen molar-refractivity contribution in [3.8, 4) is 5.75 Å². The van der Waals surface area contributed by atoms with Gasteiger partial charge in [-0.1, -0.05) is 0 Å². The van der Waals surface area contributed by atoms with E-state index in [2.05, 4.69) is 19.9 Å². The van der Waals surface area contributed by atoms with Gasteiger partial charge >= 0.3 is 6.36 Å². The molecule has 0 bridgehead atoms. The summed E-state index contributed by atoms with van der Waals surface area (Å²) in [4.78, 5) is 22.8. The van der Waals surface area contributed by atoms with Crippen LogP contribution < -0.4 is 14.5 Å². The highest BCUT2D eigenvalue weighted by Gasteiger charge is 2.31. The van der Waals surface area contributed by atoms with Crippen molar-refractivity contribution in [1.82, 2.24) is 9.97 Å². The summed E-state index contributed by atoms with van der Waals surface area (Å²) in [5.41, 5.74) is 0.314. The summed E-state index contributed by atoms with van der Waals surface area (Å²) >= 11 is 0. The van der Waals surface area contributed by atoms with Crippen molar-refractivity contribution in [2.24, 2.45) is 5.18 Å². The summed E-state index contributed by atoms with van der Waals surface area (Å²) in [6.07, 6.45) is -2.15. The standard InChI is InChI=1S/C15H14F3N5O2/c16-15(17,18)25-12-1-2-13(20-10-12)22-5-7-23(8-6-22)14-9-11(21-24)3-4-19-14/h1-4,9-10H,5-8H2. The molecule has 1 fully saturated rings. The largest absolute Gasteiger partial charge is 0.573 e. The van der Waals surface area contributed by atoms with Gasteiger partial charge in [-0.15, -0.1) is 18.1 Å². The van der Waals surface area contributed by atoms with E-state index in [1.54, 1.807) is 6.07 Å². The fourth-order valence-corrected chi connectivity index (χ4v) is 2.56. The van der Waals surface area contributed by atoms with Gasteiger partial charge in [0.1, 0.15) is 23.1 Å². The highest BCUT2D eigenvalue weighted by Crippen LogP contribution is 2.25. The molecule has 0 radical (unpaired) electrons. The first kappa shape index (κ1) is 16.9. The van der Waals surface area contributed by atoms with Crippen LogP contribution in [0.25, 0.3) is 0 Å². The van der Waals surface area contributed by atoms with E-state index in [0.29, 0.717) is 43.5 Å². The lowest BCUT2D eigenvalue weighted by atomic mass is 10.3. The molecular weight excluding hydrogens is 339 g/mol. The lowest BCUT2D eigenvalue weighted by Crippen LogP contribution is -2.47. The van der Waals surface area contributed by atoms with Crippen LogP contribution in [0.5, 0.6) is 5.75 Å². The maximum atomic E-state index is 12.2. The van der Waals surface area contributed by atoms with Crippen LogP contribution in [-0.4, -0.2) is 42.5 Å². The fourth-order valence-electron chi connectivity index (χ4n) is 2.56. The summed E-state index contributed by atoms with van der Waals surface area (Å²) in [5, 5.41) is 2.89. The van der Waals surface area contributed by atoms with Gasteiger partial charge in [-0.05, 0) is 23.4 Å². The molecule has 0 unspecified atom stereocenters. The SMILES string of the molecule is O=Nc1ccnc(N2CCN(c3ccc(OC(F)(F)F)cn3)CC2)c1. The molecule has 10 heteroatoms. The third-order valence-electron chi connectivity index (χ3n) is 3.72. The number of nitroso groups, excluding NO2 is 1. The van der Waals surface area contributed by atoms with Gasteiger partial charge in [0.2, 0.25) is 0 Å². The van der Waals surface area contributed by atoms with E-state index in [1.165, 1.54) is 24.4 Å². The van der Waals surface area contributed by atoms with Crippen LogP contribution in [0.1, 0.15) is 0 Å². The number of nitrogens with zero attached hydrogens (tertiary/aromatic N) is 5. The van der Waals surface area contributed by atoms with Crippen LogP contribution in [-0.2, 0) is 0 Å². The van der Waals surface area contributed by atoms with Crippen LogP contribution >= 0.6 is 0 Å². The normalized spacial score (nSPS) is 15.2. The molecule has 0 aromatic carbocycles. The van der Waals surface area contributed by atoms with E-state index in [1.807, 2.05) is 9.80 Å². The molecule has 0 aliphatic carbocycles. The predicted molar refractivity (Wildman–Crippen MR) is 85.0 cm³/mol. The monoisotopic (exact) mass is 353 g/mol. The van der Waals surface area contributed by atoms with Crippen LogP contribution in [0, 0.1) is 4.91 Å². The van der Waals surface area contributed by atoms with Crippen LogP contribution in [0.15, 0.2) is 41.8 Å². The summed E-state index contributed by atoms with van der Waals surface area (Å²) in [7, 11) is 0. The zero-order valence-corrected chi connectivity index (χ0v) is 13.0. The first-order valence-corrected chi connectivity index (χ1v) is 7.46. The predicted octanol–water partition coefficient (Wildman–Crippen LogP) is 3.10. The zero-order valence-electron chi connectivity index (χ0n) is 13.0. The first-order chi connectivity index (χ1) is 11.9. The van der Waals surface area contributed by atoms with Crippen molar-refractivity contribution in [3.05, 3.63) is 41.6 Å². The number of anilines is 2. The molecule has 1 aliphatic rings. The lowest BCUT2D eigenvalue weighted by molar-refractivity contribution is -0.274. The van der Waals surface area contributed by atoms with Crippen molar-refractivity contribution < 1.29 is 17.9 Å². The second-order valence-corrected chi connectivity index (χ2v) is 5.34. The van der Waals surface area contributed by atoms with E-state index < -0.39 is 6.36 Å². The summed E-state index contributed by atoms with van der Waals surface area (Å²) in [6.45, 7) is 2.51. The molecule has 1 aliphatic heterocycles. The van der Waals surface area contributed by atoms with Crippen LogP contribution in [0.3, 0.4) is 0 Å². The molecular formula is C15H14F3N5O2. The van der Waals surface area contributed by atoms with Gasteiger partial charge in [-0.2, -0.15) is 0 Å². The molecule has 132 valence electrons. The molecule has 0 N–H and O–H groups in total. The van der Waals surface area contributed by atoms with Gasteiger partial charge in [0.15, 0.2) is 0 Å². The highest BCUT2D eigenvalue weighted by molar-refractivity contribution is 5.51. The van der Waals surface area contributed by atoms with Crippen LogP contribution in [0.2, 0.25) is 0 Å². The topological polar surface area (TPSA) is 70.9 Å². The Kier molecular flexibility index (Phi) is 4.68. The Labute approximate surface area is 141 Å². The van der Waals surface area contributed by atoms with Crippen molar-refractivity contribution in [1.29, 1.82) is 0 Å². The number of piperazine rings is 1. The summed E-state index contributed by atoms with van der Waals surface area (Å²) in [6, 6.07) is 5.88. The van der Waals surface area contributed by atoms with Crippen molar-refractivity contribution in [2.75, 3.05) is 36.0 Å². The molecule has 0 saturated carbocycles. The third kappa shape index (κ3) is 4.34. The molecule has 2 aromatic rings. The van der Waals surface area contributed by atoms with Gasteiger partial charge in [-0.3, -0.25) is 0 Å². The van der Waals surface area contributed by atoms with Gasteiger partial charge in [0.05, 0.1) is 6.20 Å². The number of ether oxygens (including phenoxy) is 1. The lowest BCUT2D eigenvalue weighted by Gasteiger charge is -2.36. The maximum absolute atomic E-state index is 12.2. The molecule has 2 aromatic heterocycles. The first-order valence-electron chi connectivity index (χ1n) is 7.46. The quantitative estimate of drug-likeness (QED) is 0.787. The summed E-state index contributed by atoms with van der Waals surface area (Å²) in [5.74, 6) is 0.890. The average Bonchev–Trinajstić information content (AvgIpc) is 2.61. The molecule has 3 rings (SSSR count). The number of rotatable bonds is 4. The Morgan fingerprint density at radius 2 is 1.68 bits per heavy atom. The summed E-state index contributed by atoms with van der Waals surface area (Å²) < 4.78 is 40.3. The number of aromatic nitrogens is 2. The van der Waals surface area contributed by atoms with E-state index in [-0.39, 0.29) is 5.75 Å².